The molecule has 20 heavy (non-hydrogen) atoms. The normalized spacial score (nSPS) is 12.6. The van der Waals surface area contributed by atoms with Crippen molar-refractivity contribution < 1.29 is 16.8 Å². The van der Waals surface area contributed by atoms with Crippen molar-refractivity contribution in [2.75, 3.05) is 25.1 Å². The van der Waals surface area contributed by atoms with E-state index in [0.29, 0.717) is 16.8 Å². The van der Waals surface area contributed by atoms with Crippen molar-refractivity contribution in [3.8, 4) is 0 Å². The summed E-state index contributed by atoms with van der Waals surface area (Å²) in [6, 6.07) is 3.25. The van der Waals surface area contributed by atoms with Crippen LogP contribution in [0, 0.1) is 13.8 Å². The van der Waals surface area contributed by atoms with Crippen molar-refractivity contribution in [1.29, 1.82) is 0 Å². The molecule has 0 fully saturated rings. The maximum atomic E-state index is 12.2. The van der Waals surface area contributed by atoms with Gasteiger partial charge in [-0.15, -0.1) is 0 Å². The van der Waals surface area contributed by atoms with Crippen molar-refractivity contribution in [2.24, 2.45) is 0 Å². The lowest BCUT2D eigenvalue weighted by atomic mass is 10.1. The summed E-state index contributed by atoms with van der Waals surface area (Å²) >= 11 is 0. The summed E-state index contributed by atoms with van der Waals surface area (Å²) in [5, 5.41) is 0. The second-order valence-corrected chi connectivity index (χ2v) is 8.10. The highest BCUT2D eigenvalue weighted by atomic mass is 32.2. The molecule has 0 heterocycles. The molecule has 9 heteroatoms. The van der Waals surface area contributed by atoms with E-state index >= 15 is 0 Å². The van der Waals surface area contributed by atoms with Gasteiger partial charge in [-0.25, -0.2) is 26.3 Å². The molecular weight excluding hydrogens is 302 g/mol. The van der Waals surface area contributed by atoms with Crippen molar-refractivity contribution in [2.45, 2.75) is 18.7 Å². The molecule has 0 radical (unpaired) electrons. The van der Waals surface area contributed by atoms with Gasteiger partial charge in [-0.3, -0.25) is 0 Å². The summed E-state index contributed by atoms with van der Waals surface area (Å²) in [5.74, 6) is -0.330. The minimum absolute atomic E-state index is 0.0966. The number of benzene rings is 1. The van der Waals surface area contributed by atoms with E-state index in [1.807, 2.05) is 0 Å². The lowest BCUT2D eigenvalue weighted by molar-refractivity contribution is 0.578. The lowest BCUT2D eigenvalue weighted by Gasteiger charge is -2.13. The molecule has 7 nitrogen and oxygen atoms in total. The number of sulfonamides is 2. The molecule has 0 bridgehead atoms. The van der Waals surface area contributed by atoms with Gasteiger partial charge in [-0.1, -0.05) is 6.07 Å². The Labute approximate surface area is 119 Å². The number of hydrogen-bond acceptors (Lipinski definition) is 5. The van der Waals surface area contributed by atoms with Gasteiger partial charge >= 0.3 is 0 Å². The summed E-state index contributed by atoms with van der Waals surface area (Å²) < 4.78 is 51.3. The Kier molecular flexibility index (Phi) is 5.14. The first-order chi connectivity index (χ1) is 9.10. The number of anilines is 1. The molecule has 0 aliphatic carbocycles. The number of hydrogen-bond donors (Lipinski definition) is 3. The van der Waals surface area contributed by atoms with E-state index in [9.17, 15) is 16.8 Å². The second kappa shape index (κ2) is 6.08. The van der Waals surface area contributed by atoms with Gasteiger partial charge in [0.2, 0.25) is 20.0 Å². The number of nitrogens with one attached hydrogen (secondary N) is 2. The van der Waals surface area contributed by atoms with Gasteiger partial charge < -0.3 is 5.73 Å². The van der Waals surface area contributed by atoms with Crippen LogP contribution in [0.2, 0.25) is 0 Å². The molecule has 1 rings (SSSR count). The van der Waals surface area contributed by atoms with Gasteiger partial charge in [-0.05, 0) is 38.1 Å². The highest BCUT2D eigenvalue weighted by molar-refractivity contribution is 7.90. The lowest BCUT2D eigenvalue weighted by Crippen LogP contribution is -2.33. The third kappa shape index (κ3) is 3.92. The van der Waals surface area contributed by atoms with E-state index in [1.54, 1.807) is 26.0 Å². The molecule has 0 aliphatic heterocycles. The Bertz CT molecular complexity index is 697. The molecule has 4 N–H and O–H groups in total. The van der Waals surface area contributed by atoms with Gasteiger partial charge in [-0.2, -0.15) is 0 Å². The molecule has 1 aromatic carbocycles. The topological polar surface area (TPSA) is 118 Å². The minimum Gasteiger partial charge on any atom is -0.398 e. The molecule has 0 spiro atoms. The van der Waals surface area contributed by atoms with E-state index in [0.717, 1.165) is 0 Å². The third-order valence-corrected chi connectivity index (χ3v) is 6.00. The summed E-state index contributed by atoms with van der Waals surface area (Å²) in [4.78, 5) is 0.0966. The average Bonchev–Trinajstić information content (AvgIpc) is 2.33. The Morgan fingerprint density at radius 1 is 1.15 bits per heavy atom. The van der Waals surface area contributed by atoms with E-state index in [2.05, 4.69) is 9.44 Å². The van der Waals surface area contributed by atoms with Gasteiger partial charge in [0, 0.05) is 12.2 Å². The monoisotopic (exact) mass is 321 g/mol. The Morgan fingerprint density at radius 3 is 2.30 bits per heavy atom. The molecule has 0 saturated heterocycles. The zero-order chi connectivity index (χ0) is 15.6. The fraction of sp³-hybridized carbons (Fsp3) is 0.455. The zero-order valence-electron chi connectivity index (χ0n) is 11.6. The fourth-order valence-electron chi connectivity index (χ4n) is 1.74. The molecule has 0 aliphatic rings. The second-order valence-electron chi connectivity index (χ2n) is 4.35. The molecule has 1 aromatic rings. The summed E-state index contributed by atoms with van der Waals surface area (Å²) in [6.45, 7) is 3.06. The first-order valence-corrected chi connectivity index (χ1v) is 9.01. The predicted octanol–water partition coefficient (Wildman–Crippen LogP) is -0.287. The van der Waals surface area contributed by atoms with Crippen molar-refractivity contribution in [3.05, 3.63) is 23.3 Å². The van der Waals surface area contributed by atoms with Crippen LogP contribution < -0.4 is 15.2 Å². The van der Waals surface area contributed by atoms with Crippen molar-refractivity contribution in [1.82, 2.24) is 9.44 Å². The van der Waals surface area contributed by atoms with Crippen molar-refractivity contribution in [3.63, 3.8) is 0 Å². The van der Waals surface area contributed by atoms with Gasteiger partial charge in [0.15, 0.2) is 0 Å². The molecule has 0 atom stereocenters. The fourth-order valence-corrected chi connectivity index (χ4v) is 3.97. The molecule has 0 amide bonds. The zero-order valence-corrected chi connectivity index (χ0v) is 13.2. The summed E-state index contributed by atoms with van der Waals surface area (Å²) in [6.07, 6.45) is 0. The Morgan fingerprint density at radius 2 is 1.75 bits per heavy atom. The minimum atomic E-state index is -3.80. The molecular formula is C11H19N3O4S2. The molecule has 0 aromatic heterocycles. The first kappa shape index (κ1) is 16.9. The van der Waals surface area contributed by atoms with Crippen LogP contribution in [0.5, 0.6) is 0 Å². The first-order valence-electron chi connectivity index (χ1n) is 5.87. The van der Waals surface area contributed by atoms with Crippen LogP contribution in [0.25, 0.3) is 0 Å². The van der Waals surface area contributed by atoms with Crippen LogP contribution in [-0.2, 0) is 20.0 Å². The van der Waals surface area contributed by atoms with Crippen LogP contribution >= 0.6 is 0 Å². The highest BCUT2D eigenvalue weighted by Gasteiger charge is 2.21. The van der Waals surface area contributed by atoms with Crippen LogP contribution in [0.3, 0.4) is 0 Å². The standard InChI is InChI=1S/C11H19N3O4S2/c1-8-4-5-10(12)9(2)11(8)20(17,18)14-6-7-19(15,16)13-3/h4-5,13-14H,6-7,12H2,1-3H3. The SMILES string of the molecule is CNS(=O)(=O)CCNS(=O)(=O)c1c(C)ccc(N)c1C. The van der Waals surface area contributed by atoms with E-state index in [-0.39, 0.29) is 17.2 Å². The molecule has 114 valence electrons. The van der Waals surface area contributed by atoms with Crippen LogP contribution in [-0.4, -0.2) is 36.2 Å². The number of nitrogens with two attached hydrogens (primary N) is 1. The molecule has 0 saturated carbocycles. The molecule has 0 unspecified atom stereocenters. The van der Waals surface area contributed by atoms with E-state index in [4.69, 9.17) is 5.73 Å². The maximum absolute atomic E-state index is 12.2. The van der Waals surface area contributed by atoms with Crippen LogP contribution in [0.4, 0.5) is 5.69 Å². The van der Waals surface area contributed by atoms with Crippen molar-refractivity contribution >= 4 is 25.7 Å². The van der Waals surface area contributed by atoms with E-state index in [1.165, 1.54) is 7.05 Å². The number of rotatable bonds is 6. The third-order valence-electron chi connectivity index (χ3n) is 2.89. The van der Waals surface area contributed by atoms with Gasteiger partial charge in [0.1, 0.15) is 0 Å². The van der Waals surface area contributed by atoms with Crippen LogP contribution in [0.1, 0.15) is 11.1 Å². The van der Waals surface area contributed by atoms with Gasteiger partial charge in [0.05, 0.1) is 10.6 Å². The summed E-state index contributed by atoms with van der Waals surface area (Å²) in [5.41, 5.74) is 7.09. The Balaban J connectivity index is 2.99. The maximum Gasteiger partial charge on any atom is 0.241 e. The van der Waals surface area contributed by atoms with E-state index < -0.39 is 20.0 Å². The van der Waals surface area contributed by atoms with Gasteiger partial charge in [0.25, 0.3) is 0 Å². The largest absolute Gasteiger partial charge is 0.398 e. The highest BCUT2D eigenvalue weighted by Crippen LogP contribution is 2.24. The quantitative estimate of drug-likeness (QED) is 0.622. The number of nitrogen functional groups attached to an aromatic ring is 1. The average molecular weight is 321 g/mol. The number of aryl methyl sites for hydroxylation is 1. The Hall–Kier alpha value is -1.16. The predicted molar refractivity (Wildman–Crippen MR) is 78.4 cm³/mol. The summed E-state index contributed by atoms with van der Waals surface area (Å²) in [7, 11) is -5.98. The van der Waals surface area contributed by atoms with Crippen LogP contribution in [0.15, 0.2) is 17.0 Å². The smallest absolute Gasteiger partial charge is 0.241 e.